The maximum absolute atomic E-state index is 6.20. The minimum Gasteiger partial charge on any atom is -0.547 e. The molecule has 0 spiro atoms. The lowest BCUT2D eigenvalue weighted by molar-refractivity contribution is 0.578. The Balaban J connectivity index is 2.32. The summed E-state index contributed by atoms with van der Waals surface area (Å²) >= 11 is 0. The summed E-state index contributed by atoms with van der Waals surface area (Å²) in [7, 11) is -1.16. The van der Waals surface area contributed by atoms with Crippen molar-refractivity contribution in [3.8, 4) is 5.75 Å². The number of nitrogens with two attached hydrogens (primary N) is 1. The molecule has 0 saturated heterocycles. The minimum absolute atomic E-state index is 0.673. The fourth-order valence-corrected chi connectivity index (χ4v) is 2.58. The summed E-state index contributed by atoms with van der Waals surface area (Å²) in [5.74, 6) is 0.857. The van der Waals surface area contributed by atoms with Crippen LogP contribution >= 0.6 is 0 Å². The molecule has 0 fully saturated rings. The smallest absolute Gasteiger partial charge is 0.229 e. The Kier molecular flexibility index (Phi) is 4.58. The Labute approximate surface area is 121 Å². The summed E-state index contributed by atoms with van der Waals surface area (Å²) in [6.45, 7) is 6.29. The summed E-state index contributed by atoms with van der Waals surface area (Å²) in [4.78, 5) is 4.35. The third-order valence-corrected chi connectivity index (χ3v) is 3.52. The zero-order chi connectivity index (χ0) is 14.5. The van der Waals surface area contributed by atoms with Crippen LogP contribution in [0.4, 0.5) is 0 Å². The van der Waals surface area contributed by atoms with E-state index in [1.165, 1.54) is 0 Å². The van der Waals surface area contributed by atoms with Crippen LogP contribution in [0.2, 0.25) is 13.1 Å². The molecule has 2 rings (SSSR count). The maximum Gasteiger partial charge on any atom is 0.229 e. The van der Waals surface area contributed by atoms with E-state index in [0.29, 0.717) is 5.70 Å². The van der Waals surface area contributed by atoms with Crippen molar-refractivity contribution in [3.05, 3.63) is 59.4 Å². The Morgan fingerprint density at radius 1 is 1.20 bits per heavy atom. The van der Waals surface area contributed by atoms with E-state index >= 15 is 0 Å². The van der Waals surface area contributed by atoms with Gasteiger partial charge in [0.25, 0.3) is 0 Å². The Hall–Kier alpha value is -2.07. The highest BCUT2D eigenvalue weighted by Crippen LogP contribution is 2.24. The van der Waals surface area contributed by atoms with Gasteiger partial charge in [0, 0.05) is 17.5 Å². The number of rotatable bonds is 4. The van der Waals surface area contributed by atoms with Gasteiger partial charge in [-0.3, -0.25) is 4.98 Å². The zero-order valence-corrected chi connectivity index (χ0v) is 13.3. The van der Waals surface area contributed by atoms with E-state index in [1.54, 1.807) is 0 Å². The molecule has 0 amide bonds. The molecule has 1 aromatic heterocycles. The fraction of sp³-hybridized carbons (Fsp3) is 0.188. The molecule has 0 aliphatic rings. The van der Waals surface area contributed by atoms with E-state index < -0.39 is 9.04 Å². The van der Waals surface area contributed by atoms with Gasteiger partial charge in [-0.2, -0.15) is 0 Å². The number of hydrogen-bond acceptors (Lipinski definition) is 3. The summed E-state index contributed by atoms with van der Waals surface area (Å²) in [5, 5.41) is 0. The molecular formula is C16H20N2OSi. The standard InChI is InChI=1S/C16H20N2OSi/c1-12-8-9-13(18-11-12)10-15(17)14-6-4-5-7-16(14)19-20(2)3/h4-11,20H,17H2,1-3H3/b15-10-. The molecule has 2 N–H and O–H groups in total. The fourth-order valence-electron chi connectivity index (χ4n) is 1.86. The number of pyridine rings is 1. The van der Waals surface area contributed by atoms with E-state index in [-0.39, 0.29) is 0 Å². The van der Waals surface area contributed by atoms with Crippen LogP contribution in [0.1, 0.15) is 16.8 Å². The number of para-hydroxylation sites is 1. The second-order valence-corrected chi connectivity index (χ2v) is 7.36. The molecule has 0 unspecified atom stereocenters. The van der Waals surface area contributed by atoms with Crippen molar-refractivity contribution in [2.45, 2.75) is 20.0 Å². The third kappa shape index (κ3) is 3.71. The molecule has 0 atom stereocenters. The van der Waals surface area contributed by atoms with E-state index in [0.717, 1.165) is 22.6 Å². The van der Waals surface area contributed by atoms with Crippen molar-refractivity contribution in [3.63, 3.8) is 0 Å². The van der Waals surface area contributed by atoms with E-state index in [9.17, 15) is 0 Å². The van der Waals surface area contributed by atoms with Gasteiger partial charge in [0.15, 0.2) is 0 Å². The van der Waals surface area contributed by atoms with Crippen molar-refractivity contribution < 1.29 is 4.43 Å². The molecule has 2 aromatic rings. The largest absolute Gasteiger partial charge is 0.547 e. The van der Waals surface area contributed by atoms with Crippen molar-refractivity contribution in [1.82, 2.24) is 4.98 Å². The van der Waals surface area contributed by atoms with Crippen molar-refractivity contribution in [2.75, 3.05) is 0 Å². The van der Waals surface area contributed by atoms with E-state index in [2.05, 4.69) is 18.1 Å². The van der Waals surface area contributed by atoms with Crippen LogP contribution in [0.15, 0.2) is 42.6 Å². The second-order valence-electron chi connectivity index (χ2n) is 5.02. The van der Waals surface area contributed by atoms with Crippen LogP contribution in [-0.2, 0) is 0 Å². The Bertz CT molecular complexity index is 606. The number of benzene rings is 1. The zero-order valence-electron chi connectivity index (χ0n) is 12.1. The van der Waals surface area contributed by atoms with Gasteiger partial charge in [0.05, 0.1) is 5.69 Å². The number of aromatic nitrogens is 1. The lowest BCUT2D eigenvalue weighted by Crippen LogP contribution is -2.13. The average molecular weight is 284 g/mol. The van der Waals surface area contributed by atoms with Gasteiger partial charge in [0.1, 0.15) is 5.75 Å². The quantitative estimate of drug-likeness (QED) is 0.877. The molecule has 20 heavy (non-hydrogen) atoms. The molecule has 0 aliphatic carbocycles. The first-order valence-electron chi connectivity index (χ1n) is 6.72. The van der Waals surface area contributed by atoms with Gasteiger partial charge in [-0.15, -0.1) is 0 Å². The summed E-state index contributed by atoms with van der Waals surface area (Å²) in [6, 6.07) is 11.9. The summed E-state index contributed by atoms with van der Waals surface area (Å²) in [6.07, 6.45) is 3.71. The first-order chi connectivity index (χ1) is 9.56. The molecular weight excluding hydrogens is 264 g/mol. The Morgan fingerprint density at radius 2 is 1.95 bits per heavy atom. The highest BCUT2D eigenvalue weighted by atomic mass is 28.3. The van der Waals surface area contributed by atoms with Gasteiger partial charge in [-0.05, 0) is 49.9 Å². The van der Waals surface area contributed by atoms with Crippen LogP contribution in [0.3, 0.4) is 0 Å². The number of nitrogens with zero attached hydrogens (tertiary/aromatic N) is 1. The summed E-state index contributed by atoms with van der Waals surface area (Å²) in [5.41, 5.74) is 9.78. The van der Waals surface area contributed by atoms with Gasteiger partial charge in [0.2, 0.25) is 9.04 Å². The average Bonchev–Trinajstić information content (AvgIpc) is 2.41. The van der Waals surface area contributed by atoms with Gasteiger partial charge in [-0.1, -0.05) is 18.2 Å². The first kappa shape index (κ1) is 14.3. The topological polar surface area (TPSA) is 48.1 Å². The molecule has 0 saturated carbocycles. The number of aryl methyl sites for hydroxylation is 1. The molecule has 0 radical (unpaired) electrons. The van der Waals surface area contributed by atoms with Crippen LogP contribution in [0, 0.1) is 6.92 Å². The second kappa shape index (κ2) is 6.39. The molecule has 0 aliphatic heterocycles. The van der Waals surface area contributed by atoms with Crippen molar-refractivity contribution >= 4 is 20.8 Å². The van der Waals surface area contributed by atoms with Gasteiger partial charge < -0.3 is 10.2 Å². The van der Waals surface area contributed by atoms with E-state index in [1.807, 2.05) is 55.6 Å². The SMILES string of the molecule is Cc1ccc(/C=C(\N)c2ccccc2O[SiH](C)C)nc1. The van der Waals surface area contributed by atoms with Crippen molar-refractivity contribution in [1.29, 1.82) is 0 Å². The minimum atomic E-state index is -1.16. The lowest BCUT2D eigenvalue weighted by Gasteiger charge is -2.14. The van der Waals surface area contributed by atoms with Crippen LogP contribution in [0.25, 0.3) is 11.8 Å². The maximum atomic E-state index is 6.20. The highest BCUT2D eigenvalue weighted by Gasteiger charge is 2.07. The molecule has 4 heteroatoms. The highest BCUT2D eigenvalue weighted by molar-refractivity contribution is 6.49. The first-order valence-corrected chi connectivity index (χ1v) is 9.50. The third-order valence-electron chi connectivity index (χ3n) is 2.80. The van der Waals surface area contributed by atoms with Crippen LogP contribution in [0.5, 0.6) is 5.75 Å². The lowest BCUT2D eigenvalue weighted by atomic mass is 10.1. The van der Waals surface area contributed by atoms with Gasteiger partial charge in [-0.25, -0.2) is 0 Å². The van der Waals surface area contributed by atoms with E-state index in [4.69, 9.17) is 10.2 Å². The molecule has 1 heterocycles. The monoisotopic (exact) mass is 284 g/mol. The predicted octanol–water partition coefficient (Wildman–Crippen LogP) is 3.21. The predicted molar refractivity (Wildman–Crippen MR) is 87.0 cm³/mol. The Morgan fingerprint density at radius 3 is 2.60 bits per heavy atom. The van der Waals surface area contributed by atoms with Gasteiger partial charge >= 0.3 is 0 Å². The van der Waals surface area contributed by atoms with Crippen LogP contribution in [-0.4, -0.2) is 14.0 Å². The number of hydrogen-bond donors (Lipinski definition) is 1. The molecule has 104 valence electrons. The molecule has 1 aromatic carbocycles. The summed E-state index contributed by atoms with van der Waals surface area (Å²) < 4.78 is 5.92. The van der Waals surface area contributed by atoms with Crippen LogP contribution < -0.4 is 10.2 Å². The molecule has 3 nitrogen and oxygen atoms in total. The normalized spacial score (nSPS) is 11.7. The molecule has 0 bridgehead atoms. The van der Waals surface area contributed by atoms with Crippen molar-refractivity contribution in [2.24, 2.45) is 5.73 Å².